The van der Waals surface area contributed by atoms with E-state index < -0.39 is 0 Å². The predicted molar refractivity (Wildman–Crippen MR) is 102 cm³/mol. The molecule has 0 spiro atoms. The fraction of sp³-hybridized carbons (Fsp3) is 0.125. The number of hydrogen-bond donors (Lipinski definition) is 2. The third-order valence-corrected chi connectivity index (χ3v) is 3.95. The Bertz CT molecular complexity index is 650. The van der Waals surface area contributed by atoms with E-state index in [9.17, 15) is 0 Å². The zero-order valence-corrected chi connectivity index (χ0v) is 15.4. The Morgan fingerprint density at radius 1 is 0.773 bits per heavy atom. The second-order valence-corrected chi connectivity index (χ2v) is 6.53. The van der Waals surface area contributed by atoms with Crippen molar-refractivity contribution in [3.8, 4) is 0 Å². The molecule has 2 N–H and O–H groups in total. The fourth-order valence-electron chi connectivity index (χ4n) is 1.79. The first kappa shape index (κ1) is 16.7. The van der Waals surface area contributed by atoms with Gasteiger partial charge in [0.2, 0.25) is 0 Å². The van der Waals surface area contributed by atoms with E-state index in [1.807, 2.05) is 50.2 Å². The average Bonchev–Trinajstić information content (AvgIpc) is 2.46. The van der Waals surface area contributed by atoms with E-state index in [4.69, 9.17) is 0 Å². The van der Waals surface area contributed by atoms with E-state index in [-0.39, 0.29) is 0 Å². The molecular weight excluding hydrogens is 408 g/mol. The van der Waals surface area contributed by atoms with Gasteiger partial charge < -0.3 is 0 Å². The molecular formula is C16H16Br2N4. The first-order chi connectivity index (χ1) is 10.6. The van der Waals surface area contributed by atoms with Crippen LogP contribution in [0.5, 0.6) is 0 Å². The highest BCUT2D eigenvalue weighted by atomic mass is 79.9. The summed E-state index contributed by atoms with van der Waals surface area (Å²) < 4.78 is 2.10. The molecule has 0 bridgehead atoms. The van der Waals surface area contributed by atoms with E-state index in [1.54, 1.807) is 12.4 Å². The van der Waals surface area contributed by atoms with Crippen molar-refractivity contribution in [2.45, 2.75) is 13.8 Å². The quantitative estimate of drug-likeness (QED) is 0.504. The van der Waals surface area contributed by atoms with Crippen LogP contribution in [-0.2, 0) is 0 Å². The zero-order valence-electron chi connectivity index (χ0n) is 12.3. The maximum atomic E-state index is 4.11. The van der Waals surface area contributed by atoms with E-state index >= 15 is 0 Å². The molecule has 2 rings (SSSR count). The smallest absolute Gasteiger partial charge is 0.0673 e. The molecule has 2 aromatic rings. The van der Waals surface area contributed by atoms with Crippen LogP contribution in [0.2, 0.25) is 0 Å². The van der Waals surface area contributed by atoms with Crippen molar-refractivity contribution in [3.05, 3.63) is 56.5 Å². The number of hydrogen-bond acceptors (Lipinski definition) is 4. The number of rotatable bonds is 5. The maximum Gasteiger partial charge on any atom is 0.0673 e. The molecule has 4 nitrogen and oxygen atoms in total. The summed E-state index contributed by atoms with van der Waals surface area (Å²) in [7, 11) is 0. The van der Waals surface area contributed by atoms with Crippen LogP contribution >= 0.6 is 31.9 Å². The van der Waals surface area contributed by atoms with Gasteiger partial charge in [0.15, 0.2) is 0 Å². The van der Waals surface area contributed by atoms with E-state index in [2.05, 4.69) is 52.9 Å². The molecule has 0 unspecified atom stereocenters. The molecule has 0 aromatic heterocycles. The predicted octanol–water partition coefficient (Wildman–Crippen LogP) is 5.32. The SMILES string of the molecule is Cc1cc(Br)ccc1NN=CC=NNc1ccc(Br)cc1C. The van der Waals surface area contributed by atoms with Gasteiger partial charge in [-0.25, -0.2) is 0 Å². The molecule has 0 radical (unpaired) electrons. The number of aryl methyl sites for hydroxylation is 2. The number of hydrazone groups is 2. The minimum absolute atomic E-state index is 0.963. The van der Waals surface area contributed by atoms with Crippen molar-refractivity contribution in [2.24, 2.45) is 10.2 Å². The third-order valence-electron chi connectivity index (χ3n) is 2.96. The van der Waals surface area contributed by atoms with Gasteiger partial charge in [-0.2, -0.15) is 10.2 Å². The van der Waals surface area contributed by atoms with Crippen molar-refractivity contribution >= 4 is 55.7 Å². The molecule has 0 saturated heterocycles. The maximum absolute atomic E-state index is 4.11. The van der Waals surface area contributed by atoms with Crippen LogP contribution in [0.15, 0.2) is 55.5 Å². The number of benzene rings is 2. The van der Waals surface area contributed by atoms with Crippen LogP contribution in [0.25, 0.3) is 0 Å². The molecule has 6 heteroatoms. The second kappa shape index (κ2) is 8.10. The minimum atomic E-state index is 0.963. The molecule has 22 heavy (non-hydrogen) atoms. The summed E-state index contributed by atoms with van der Waals surface area (Å²) in [4.78, 5) is 0. The van der Waals surface area contributed by atoms with Gasteiger partial charge in [-0.15, -0.1) is 0 Å². The Labute approximate surface area is 147 Å². The lowest BCUT2D eigenvalue weighted by molar-refractivity contribution is 1.30. The summed E-state index contributed by atoms with van der Waals surface area (Å²) in [6, 6.07) is 11.9. The van der Waals surface area contributed by atoms with Gasteiger partial charge in [0, 0.05) is 8.95 Å². The van der Waals surface area contributed by atoms with E-state index in [0.29, 0.717) is 0 Å². The summed E-state index contributed by atoms with van der Waals surface area (Å²) in [5.41, 5.74) is 10.1. The van der Waals surface area contributed by atoms with Crippen molar-refractivity contribution in [2.75, 3.05) is 10.9 Å². The number of nitrogens with one attached hydrogen (secondary N) is 2. The monoisotopic (exact) mass is 422 g/mol. The lowest BCUT2D eigenvalue weighted by Crippen LogP contribution is -1.95. The summed E-state index contributed by atoms with van der Waals surface area (Å²) in [6.45, 7) is 4.04. The highest BCUT2D eigenvalue weighted by molar-refractivity contribution is 9.10. The van der Waals surface area contributed by atoms with Gasteiger partial charge in [-0.3, -0.25) is 10.9 Å². The number of halogens is 2. The van der Waals surface area contributed by atoms with Crippen LogP contribution < -0.4 is 10.9 Å². The molecule has 114 valence electrons. The topological polar surface area (TPSA) is 48.8 Å². The fourth-order valence-corrected chi connectivity index (χ4v) is 2.74. The second-order valence-electron chi connectivity index (χ2n) is 4.70. The van der Waals surface area contributed by atoms with Crippen molar-refractivity contribution in [1.29, 1.82) is 0 Å². The highest BCUT2D eigenvalue weighted by Crippen LogP contribution is 2.20. The molecule has 0 aliphatic carbocycles. The molecule has 0 fully saturated rings. The van der Waals surface area contributed by atoms with Crippen LogP contribution in [0, 0.1) is 13.8 Å². The molecule has 0 amide bonds. The van der Waals surface area contributed by atoms with Gasteiger partial charge in [0.1, 0.15) is 0 Å². The van der Waals surface area contributed by atoms with Crippen molar-refractivity contribution in [3.63, 3.8) is 0 Å². The summed E-state index contributed by atoms with van der Waals surface area (Å²) in [5, 5.41) is 8.23. The van der Waals surface area contributed by atoms with Crippen LogP contribution in [0.4, 0.5) is 11.4 Å². The van der Waals surface area contributed by atoms with Crippen molar-refractivity contribution < 1.29 is 0 Å². The lowest BCUT2D eigenvalue weighted by atomic mass is 10.2. The summed E-state index contributed by atoms with van der Waals surface area (Å²) in [5.74, 6) is 0. The summed E-state index contributed by atoms with van der Waals surface area (Å²) in [6.07, 6.45) is 3.20. The first-order valence-electron chi connectivity index (χ1n) is 6.65. The Morgan fingerprint density at radius 2 is 1.18 bits per heavy atom. The largest absolute Gasteiger partial charge is 0.278 e. The molecule has 0 aliphatic heterocycles. The Kier molecular flexibility index (Phi) is 6.15. The molecule has 0 atom stereocenters. The van der Waals surface area contributed by atoms with Gasteiger partial charge in [-0.1, -0.05) is 31.9 Å². The Balaban J connectivity index is 1.87. The van der Waals surface area contributed by atoms with Gasteiger partial charge in [0.25, 0.3) is 0 Å². The number of anilines is 2. The van der Waals surface area contributed by atoms with Crippen LogP contribution in [-0.4, -0.2) is 12.4 Å². The van der Waals surface area contributed by atoms with Gasteiger partial charge >= 0.3 is 0 Å². The Morgan fingerprint density at radius 3 is 1.55 bits per heavy atom. The lowest BCUT2D eigenvalue weighted by Gasteiger charge is -2.05. The first-order valence-corrected chi connectivity index (χ1v) is 8.24. The normalized spacial score (nSPS) is 11.3. The van der Waals surface area contributed by atoms with Crippen molar-refractivity contribution in [1.82, 2.24) is 0 Å². The standard InChI is InChI=1S/C16H16Br2N4/c1-11-9-13(17)3-5-15(11)21-19-7-8-20-22-16-6-4-14(18)10-12(16)2/h3-10,21-22H,1-2H3. The summed E-state index contributed by atoms with van der Waals surface area (Å²) >= 11 is 6.86. The number of nitrogens with zero attached hydrogens (tertiary/aromatic N) is 2. The molecule has 0 saturated carbocycles. The molecule has 0 aliphatic rings. The molecule has 0 heterocycles. The van der Waals surface area contributed by atoms with Gasteiger partial charge in [0.05, 0.1) is 23.8 Å². The highest BCUT2D eigenvalue weighted by Gasteiger charge is 1.97. The Hall–Kier alpha value is -1.66. The van der Waals surface area contributed by atoms with Gasteiger partial charge in [-0.05, 0) is 61.4 Å². The van der Waals surface area contributed by atoms with Crippen LogP contribution in [0.1, 0.15) is 11.1 Å². The third kappa shape index (κ3) is 4.96. The van der Waals surface area contributed by atoms with Crippen LogP contribution in [0.3, 0.4) is 0 Å². The average molecular weight is 424 g/mol. The van der Waals surface area contributed by atoms with E-state index in [1.165, 1.54) is 0 Å². The minimum Gasteiger partial charge on any atom is -0.278 e. The zero-order chi connectivity index (χ0) is 15.9. The molecule has 2 aromatic carbocycles. The van der Waals surface area contributed by atoms with E-state index in [0.717, 1.165) is 31.4 Å².